The molecule has 8 heteroatoms. The van der Waals surface area contributed by atoms with Crippen LogP contribution in [0.1, 0.15) is 82.5 Å². The second-order valence-electron chi connectivity index (χ2n) is 13.1. The largest absolute Gasteiger partial charge is 0.307 e. The minimum atomic E-state index is -0.182. The van der Waals surface area contributed by atoms with Crippen LogP contribution in [-0.4, -0.2) is 29.9 Å². The van der Waals surface area contributed by atoms with Crippen LogP contribution in [0.5, 0.6) is 0 Å². The molecule has 3 N–H and O–H groups in total. The molecule has 2 aliphatic carbocycles. The van der Waals surface area contributed by atoms with Crippen molar-refractivity contribution >= 4 is 22.1 Å². The van der Waals surface area contributed by atoms with Crippen molar-refractivity contribution in [2.24, 2.45) is 0 Å². The molecule has 0 amide bonds. The summed E-state index contributed by atoms with van der Waals surface area (Å²) in [6.07, 6.45) is 7.30. The number of pyridine rings is 2. The molecular formula is C36H38N6O2. The summed E-state index contributed by atoms with van der Waals surface area (Å²) in [7, 11) is 0. The summed E-state index contributed by atoms with van der Waals surface area (Å²) in [5, 5.41) is 14.6. The van der Waals surface area contributed by atoms with E-state index in [9.17, 15) is 9.59 Å². The first kappa shape index (κ1) is 28.1. The second kappa shape index (κ2) is 11.1. The third kappa shape index (κ3) is 5.08. The molecule has 0 unspecified atom stereocenters. The van der Waals surface area contributed by atoms with E-state index in [1.54, 1.807) is 12.1 Å². The molecule has 0 radical (unpaired) electrons. The maximum Gasteiger partial charge on any atom is 0.250 e. The van der Waals surface area contributed by atoms with E-state index in [1.165, 1.54) is 44.2 Å². The van der Waals surface area contributed by atoms with Crippen molar-refractivity contribution in [3.05, 3.63) is 105 Å². The van der Waals surface area contributed by atoms with Gasteiger partial charge in [-0.1, -0.05) is 73.5 Å². The van der Waals surface area contributed by atoms with Gasteiger partial charge >= 0.3 is 0 Å². The van der Waals surface area contributed by atoms with Gasteiger partial charge < -0.3 is 9.97 Å². The van der Waals surface area contributed by atoms with Crippen LogP contribution in [0.4, 0.5) is 0 Å². The number of nitrogens with zero attached hydrogens (tertiary/aromatic N) is 3. The van der Waals surface area contributed by atoms with E-state index >= 15 is 0 Å². The minimum Gasteiger partial charge on any atom is -0.307 e. The van der Waals surface area contributed by atoms with Crippen LogP contribution in [0.15, 0.2) is 82.4 Å². The van der Waals surface area contributed by atoms with Gasteiger partial charge in [-0.3, -0.25) is 14.7 Å². The Hall–Kier alpha value is -4.72. The lowest BCUT2D eigenvalue weighted by atomic mass is 9.81. The zero-order valence-electron chi connectivity index (χ0n) is 25.5. The maximum atomic E-state index is 12.3. The summed E-state index contributed by atoms with van der Waals surface area (Å²) >= 11 is 0. The zero-order chi connectivity index (χ0) is 30.4. The fraction of sp³-hybridized carbons (Fsp3) is 0.333. The van der Waals surface area contributed by atoms with Crippen molar-refractivity contribution in [2.75, 3.05) is 0 Å². The van der Waals surface area contributed by atoms with Gasteiger partial charge in [0.15, 0.2) is 5.65 Å². The van der Waals surface area contributed by atoms with Crippen molar-refractivity contribution in [2.45, 2.75) is 76.7 Å². The third-order valence-electron chi connectivity index (χ3n) is 9.09. The van der Waals surface area contributed by atoms with Crippen molar-refractivity contribution < 1.29 is 0 Å². The molecule has 0 atom stereocenters. The van der Waals surface area contributed by atoms with Gasteiger partial charge in [0.25, 0.3) is 0 Å². The molecule has 8 rings (SSSR count). The van der Waals surface area contributed by atoms with Gasteiger partial charge in [-0.25, -0.2) is 4.68 Å². The average Bonchev–Trinajstić information content (AvgIpc) is 3.54. The number of hydrogen-bond acceptors (Lipinski definition) is 4. The van der Waals surface area contributed by atoms with Gasteiger partial charge in [0, 0.05) is 40.4 Å². The number of rotatable bonds is 4. The van der Waals surface area contributed by atoms with E-state index in [0.717, 1.165) is 44.4 Å². The molecule has 0 spiro atoms. The van der Waals surface area contributed by atoms with Crippen molar-refractivity contribution in [3.8, 4) is 22.3 Å². The number of nitrogens with one attached hydrogen (secondary N) is 3. The Balaban J connectivity index is 0.000000144. The summed E-state index contributed by atoms with van der Waals surface area (Å²) in [5.74, 6) is 1.05. The molecule has 44 heavy (non-hydrogen) atoms. The van der Waals surface area contributed by atoms with Crippen LogP contribution in [0.2, 0.25) is 0 Å². The highest BCUT2D eigenvalue weighted by molar-refractivity contribution is 5.96. The van der Waals surface area contributed by atoms with Gasteiger partial charge in [-0.2, -0.15) is 10.2 Å². The molecule has 4 aromatic heterocycles. The van der Waals surface area contributed by atoms with Crippen LogP contribution in [0.3, 0.4) is 0 Å². The number of aromatic amines is 3. The van der Waals surface area contributed by atoms with E-state index in [-0.39, 0.29) is 16.7 Å². The molecule has 0 aliphatic heterocycles. The zero-order valence-corrected chi connectivity index (χ0v) is 25.5. The van der Waals surface area contributed by atoms with Crippen LogP contribution in [0, 0.1) is 0 Å². The van der Waals surface area contributed by atoms with Crippen molar-refractivity contribution in [3.63, 3.8) is 0 Å². The lowest BCUT2D eigenvalue weighted by Crippen LogP contribution is -2.24. The van der Waals surface area contributed by atoms with Crippen LogP contribution in [-0.2, 0) is 5.54 Å². The van der Waals surface area contributed by atoms with Crippen molar-refractivity contribution in [1.29, 1.82) is 0 Å². The lowest BCUT2D eigenvalue weighted by molar-refractivity contribution is 0.349. The normalized spacial score (nSPS) is 15.5. The van der Waals surface area contributed by atoms with Gasteiger partial charge in [0.05, 0.1) is 11.2 Å². The number of H-pyrrole nitrogens is 3. The highest BCUT2D eigenvalue weighted by atomic mass is 16.1. The first-order valence-electron chi connectivity index (χ1n) is 15.7. The van der Waals surface area contributed by atoms with Gasteiger partial charge in [-0.05, 0) is 68.7 Å². The Morgan fingerprint density at radius 3 is 1.80 bits per heavy atom. The quantitative estimate of drug-likeness (QED) is 0.197. The van der Waals surface area contributed by atoms with Gasteiger partial charge in [0.2, 0.25) is 11.1 Å². The van der Waals surface area contributed by atoms with Crippen LogP contribution >= 0.6 is 0 Å². The summed E-state index contributed by atoms with van der Waals surface area (Å²) in [5.41, 5.74) is 7.55. The first-order chi connectivity index (χ1) is 21.3. The highest BCUT2D eigenvalue weighted by Gasteiger charge is 2.30. The predicted molar refractivity (Wildman–Crippen MR) is 176 cm³/mol. The number of hydrogen-bond donors (Lipinski definition) is 3. The smallest absolute Gasteiger partial charge is 0.250 e. The fourth-order valence-corrected chi connectivity index (χ4v) is 6.38. The van der Waals surface area contributed by atoms with E-state index in [0.29, 0.717) is 17.5 Å². The molecule has 0 saturated heterocycles. The third-order valence-corrected chi connectivity index (χ3v) is 9.09. The molecule has 4 heterocycles. The Bertz CT molecular complexity index is 2050. The fourth-order valence-electron chi connectivity index (χ4n) is 6.38. The molecule has 0 bridgehead atoms. The number of benzene rings is 2. The van der Waals surface area contributed by atoms with Gasteiger partial charge in [-0.15, -0.1) is 0 Å². The molecule has 2 aromatic carbocycles. The SMILES string of the molecule is CC(C)(C)n1nc(C2CCC2)c2c(-c3ccccc3)cc(=O)[nH]c21.O=c1cc(-c2ccccc2)c2c(C3CCC3)[nH]nc2[nH]1. The Labute approximate surface area is 255 Å². The minimum absolute atomic E-state index is 0.0769. The molecule has 6 aromatic rings. The highest BCUT2D eigenvalue weighted by Crippen LogP contribution is 2.43. The number of aromatic nitrogens is 6. The molecule has 2 aliphatic rings. The molecule has 2 saturated carbocycles. The summed E-state index contributed by atoms with van der Waals surface area (Å²) in [6, 6.07) is 23.6. The van der Waals surface area contributed by atoms with Gasteiger partial charge in [0.1, 0.15) is 5.65 Å². The lowest BCUT2D eigenvalue weighted by Gasteiger charge is -2.24. The molecular weight excluding hydrogens is 548 g/mol. The standard InChI is InChI=1S/C20H23N3O.C16H15N3O/c1-20(2,3)23-19-17(18(22-23)14-10-7-11-14)15(12-16(24)21-19)13-8-5-4-6-9-13;20-13-9-12(10-5-2-1-3-6-10)14-15(11-7-4-8-11)18-19-16(14)17-13/h4-6,8-9,12,14H,7,10-11H2,1-3H3,(H,21,24);1-3,5-6,9,11H,4,7-8H2,(H2,17,18,19,20). The number of fused-ring (bicyclic) bond motifs is 2. The van der Waals surface area contributed by atoms with E-state index < -0.39 is 0 Å². The Kier molecular flexibility index (Phi) is 7.07. The average molecular weight is 587 g/mol. The Morgan fingerprint density at radius 2 is 1.27 bits per heavy atom. The second-order valence-corrected chi connectivity index (χ2v) is 13.1. The molecule has 2 fully saturated rings. The molecule has 224 valence electrons. The van der Waals surface area contributed by atoms with Crippen LogP contribution < -0.4 is 11.1 Å². The predicted octanol–water partition coefficient (Wildman–Crippen LogP) is 7.60. The van der Waals surface area contributed by atoms with E-state index in [1.807, 2.05) is 53.2 Å². The van der Waals surface area contributed by atoms with E-state index in [2.05, 4.69) is 53.1 Å². The monoisotopic (exact) mass is 586 g/mol. The van der Waals surface area contributed by atoms with E-state index in [4.69, 9.17) is 5.10 Å². The topological polar surface area (TPSA) is 112 Å². The summed E-state index contributed by atoms with van der Waals surface area (Å²) in [6.45, 7) is 6.37. The summed E-state index contributed by atoms with van der Waals surface area (Å²) < 4.78 is 1.99. The van der Waals surface area contributed by atoms with Crippen LogP contribution in [0.25, 0.3) is 44.3 Å². The maximum absolute atomic E-state index is 12.3. The molecule has 8 nitrogen and oxygen atoms in total. The van der Waals surface area contributed by atoms with Crippen molar-refractivity contribution in [1.82, 2.24) is 29.9 Å². The summed E-state index contributed by atoms with van der Waals surface area (Å²) in [4.78, 5) is 30.0. The Morgan fingerprint density at radius 1 is 0.727 bits per heavy atom. The first-order valence-corrected chi connectivity index (χ1v) is 15.7.